The summed E-state index contributed by atoms with van der Waals surface area (Å²) in [5.74, 6) is 0.559. The Morgan fingerprint density at radius 2 is 2.12 bits per heavy atom. The highest BCUT2D eigenvalue weighted by atomic mass is 32.2. The normalized spacial score (nSPS) is 14.2. The molecule has 1 aromatic heterocycles. The van der Waals surface area contributed by atoms with Crippen molar-refractivity contribution in [2.75, 3.05) is 16.8 Å². The van der Waals surface area contributed by atoms with Crippen LogP contribution in [0.3, 0.4) is 0 Å². The van der Waals surface area contributed by atoms with Crippen LogP contribution in [-0.2, 0) is 4.79 Å². The zero-order chi connectivity index (χ0) is 11.8. The smallest absolute Gasteiger partial charge is 0.234 e. The van der Waals surface area contributed by atoms with Gasteiger partial charge in [0.05, 0.1) is 16.4 Å². The molecule has 5 heteroatoms. The molecule has 0 unspecified atom stereocenters. The molecule has 3 rings (SSSR count). The van der Waals surface area contributed by atoms with Crippen LogP contribution in [0.5, 0.6) is 0 Å². The van der Waals surface area contributed by atoms with Gasteiger partial charge in [0.25, 0.3) is 0 Å². The Morgan fingerprint density at radius 1 is 1.24 bits per heavy atom. The van der Waals surface area contributed by atoms with E-state index in [0.717, 1.165) is 26.0 Å². The predicted octanol–water partition coefficient (Wildman–Crippen LogP) is 3.04. The molecular weight excluding hydrogens is 252 g/mol. The highest BCUT2D eigenvalue weighted by Gasteiger charge is 2.15. The number of amides is 1. The molecule has 1 aromatic carbocycles. The number of carbonyl (C=O) groups is 1. The van der Waals surface area contributed by atoms with E-state index >= 15 is 0 Å². The third-order valence-corrected chi connectivity index (χ3v) is 4.56. The summed E-state index contributed by atoms with van der Waals surface area (Å²) in [6.45, 7) is 0. The lowest BCUT2D eigenvalue weighted by atomic mass is 10.1. The zero-order valence-corrected chi connectivity index (χ0v) is 10.5. The van der Waals surface area contributed by atoms with Crippen LogP contribution < -0.4 is 11.1 Å². The Bertz CT molecular complexity index is 592. The first kappa shape index (κ1) is 10.7. The number of thiophene rings is 1. The fraction of sp³-hybridized carbons (Fsp3) is 0.0833. The molecule has 0 atom stereocenters. The van der Waals surface area contributed by atoms with Gasteiger partial charge < -0.3 is 11.1 Å². The molecule has 1 aliphatic heterocycles. The number of nitrogen functional groups attached to an aromatic ring is 1. The van der Waals surface area contributed by atoms with Gasteiger partial charge in [0.15, 0.2) is 0 Å². The van der Waals surface area contributed by atoms with Gasteiger partial charge >= 0.3 is 0 Å². The summed E-state index contributed by atoms with van der Waals surface area (Å²) >= 11 is 3.12. The highest BCUT2D eigenvalue weighted by Crippen LogP contribution is 2.37. The summed E-state index contributed by atoms with van der Waals surface area (Å²) in [4.78, 5) is 13.6. The summed E-state index contributed by atoms with van der Waals surface area (Å²) in [5, 5.41) is 3.69. The average molecular weight is 262 g/mol. The molecule has 3 nitrogen and oxygen atoms in total. The second-order valence-corrected chi connectivity index (χ2v) is 5.88. The Balaban J connectivity index is 2.03. The van der Waals surface area contributed by atoms with E-state index in [-0.39, 0.29) is 5.91 Å². The van der Waals surface area contributed by atoms with Gasteiger partial charge in [0.1, 0.15) is 0 Å². The first-order chi connectivity index (χ1) is 8.22. The molecule has 17 heavy (non-hydrogen) atoms. The van der Waals surface area contributed by atoms with E-state index < -0.39 is 0 Å². The summed E-state index contributed by atoms with van der Waals surface area (Å²) in [5.41, 5.74) is 7.71. The Morgan fingerprint density at radius 3 is 2.88 bits per heavy atom. The standard InChI is InChI=1S/C12H10N2OS2/c13-11-4-3-9(17-11)7-1-2-10-8(5-7)14-12(15)6-16-10/h1-5H,6,13H2,(H,14,15). The Kier molecular flexibility index (Phi) is 2.57. The van der Waals surface area contributed by atoms with Gasteiger partial charge in [-0.05, 0) is 29.8 Å². The zero-order valence-electron chi connectivity index (χ0n) is 8.90. The van der Waals surface area contributed by atoms with Gasteiger partial charge in [0.2, 0.25) is 5.91 Å². The lowest BCUT2D eigenvalue weighted by Crippen LogP contribution is -2.18. The largest absolute Gasteiger partial charge is 0.391 e. The summed E-state index contributed by atoms with van der Waals surface area (Å²) in [7, 11) is 0. The predicted molar refractivity (Wildman–Crippen MR) is 73.5 cm³/mol. The molecule has 0 radical (unpaired) electrons. The number of nitrogens with two attached hydrogens (primary N) is 1. The summed E-state index contributed by atoms with van der Waals surface area (Å²) in [6, 6.07) is 10.0. The number of anilines is 2. The quantitative estimate of drug-likeness (QED) is 0.830. The van der Waals surface area contributed by atoms with Gasteiger partial charge in [-0.2, -0.15) is 0 Å². The molecule has 2 aromatic rings. The van der Waals surface area contributed by atoms with Gasteiger partial charge in [-0.25, -0.2) is 0 Å². The maximum atomic E-state index is 11.3. The van der Waals surface area contributed by atoms with Crippen LogP contribution in [0.1, 0.15) is 0 Å². The van der Waals surface area contributed by atoms with Crippen LogP contribution in [-0.4, -0.2) is 11.7 Å². The van der Waals surface area contributed by atoms with Gasteiger partial charge in [-0.15, -0.1) is 23.1 Å². The van der Waals surface area contributed by atoms with Crippen molar-refractivity contribution >= 4 is 39.7 Å². The molecule has 0 spiro atoms. The second kappa shape index (κ2) is 4.09. The second-order valence-electron chi connectivity index (χ2n) is 3.75. The number of rotatable bonds is 1. The first-order valence-corrected chi connectivity index (χ1v) is 6.95. The van der Waals surface area contributed by atoms with E-state index in [1.165, 1.54) is 0 Å². The van der Waals surface area contributed by atoms with Crippen molar-refractivity contribution in [3.05, 3.63) is 30.3 Å². The van der Waals surface area contributed by atoms with E-state index in [1.54, 1.807) is 23.1 Å². The third kappa shape index (κ3) is 2.03. The van der Waals surface area contributed by atoms with Gasteiger partial charge in [0, 0.05) is 9.77 Å². The monoisotopic (exact) mass is 262 g/mol. The van der Waals surface area contributed by atoms with Crippen molar-refractivity contribution in [2.45, 2.75) is 4.90 Å². The molecule has 0 saturated carbocycles. The SMILES string of the molecule is Nc1ccc(-c2ccc3c(c2)NC(=O)CS3)s1. The van der Waals surface area contributed by atoms with Crippen molar-refractivity contribution in [1.29, 1.82) is 0 Å². The van der Waals surface area contributed by atoms with E-state index in [0.29, 0.717) is 5.75 Å². The minimum Gasteiger partial charge on any atom is -0.391 e. The number of thioether (sulfide) groups is 1. The minimum absolute atomic E-state index is 0.0605. The van der Waals surface area contributed by atoms with Gasteiger partial charge in [-0.3, -0.25) is 4.79 Å². The molecule has 1 aliphatic rings. The van der Waals surface area contributed by atoms with E-state index in [4.69, 9.17) is 5.73 Å². The van der Waals surface area contributed by atoms with Crippen LogP contribution in [0.15, 0.2) is 35.2 Å². The van der Waals surface area contributed by atoms with Crippen LogP contribution >= 0.6 is 23.1 Å². The highest BCUT2D eigenvalue weighted by molar-refractivity contribution is 8.00. The molecule has 86 valence electrons. The Hall–Kier alpha value is -1.46. The van der Waals surface area contributed by atoms with Crippen molar-refractivity contribution in [3.63, 3.8) is 0 Å². The van der Waals surface area contributed by atoms with E-state index in [1.807, 2.05) is 24.3 Å². The van der Waals surface area contributed by atoms with E-state index in [9.17, 15) is 4.79 Å². The van der Waals surface area contributed by atoms with Crippen LogP contribution in [0.25, 0.3) is 10.4 Å². The van der Waals surface area contributed by atoms with Crippen LogP contribution in [0, 0.1) is 0 Å². The topological polar surface area (TPSA) is 55.1 Å². The third-order valence-electron chi connectivity index (χ3n) is 2.52. The van der Waals surface area contributed by atoms with E-state index in [2.05, 4.69) is 11.4 Å². The number of hydrogen-bond acceptors (Lipinski definition) is 4. The maximum absolute atomic E-state index is 11.3. The fourth-order valence-electron chi connectivity index (χ4n) is 1.74. The number of nitrogens with one attached hydrogen (secondary N) is 1. The molecule has 2 heterocycles. The van der Waals surface area contributed by atoms with Crippen molar-refractivity contribution in [3.8, 4) is 10.4 Å². The lowest BCUT2D eigenvalue weighted by molar-refractivity contribution is -0.113. The molecule has 0 bridgehead atoms. The summed E-state index contributed by atoms with van der Waals surface area (Å²) < 4.78 is 0. The summed E-state index contributed by atoms with van der Waals surface area (Å²) in [6.07, 6.45) is 0. The van der Waals surface area contributed by atoms with Crippen molar-refractivity contribution < 1.29 is 4.79 Å². The molecule has 0 saturated heterocycles. The van der Waals surface area contributed by atoms with Crippen molar-refractivity contribution in [2.24, 2.45) is 0 Å². The van der Waals surface area contributed by atoms with Crippen molar-refractivity contribution in [1.82, 2.24) is 0 Å². The van der Waals surface area contributed by atoms with Gasteiger partial charge in [-0.1, -0.05) is 6.07 Å². The molecule has 0 aliphatic carbocycles. The fourth-order valence-corrected chi connectivity index (χ4v) is 3.30. The molecule has 0 fully saturated rings. The molecule has 1 amide bonds. The van der Waals surface area contributed by atoms with Crippen LogP contribution in [0.2, 0.25) is 0 Å². The number of benzene rings is 1. The Labute approximate surface area is 107 Å². The minimum atomic E-state index is 0.0605. The number of hydrogen-bond donors (Lipinski definition) is 2. The van der Waals surface area contributed by atoms with Crippen LogP contribution in [0.4, 0.5) is 10.7 Å². The average Bonchev–Trinajstić information content (AvgIpc) is 2.75. The number of fused-ring (bicyclic) bond motifs is 1. The molecule has 3 N–H and O–H groups in total. The number of carbonyl (C=O) groups excluding carboxylic acids is 1. The lowest BCUT2D eigenvalue weighted by Gasteiger charge is -2.16. The first-order valence-electron chi connectivity index (χ1n) is 5.15. The molecular formula is C12H10N2OS2. The maximum Gasteiger partial charge on any atom is 0.234 e.